The number of hydrogen-bond donors (Lipinski definition) is 2. The van der Waals surface area contributed by atoms with Crippen molar-refractivity contribution < 1.29 is 0 Å². The summed E-state index contributed by atoms with van der Waals surface area (Å²) in [6, 6.07) is 10.2. The van der Waals surface area contributed by atoms with Crippen LogP contribution in [0.5, 0.6) is 0 Å². The topological polar surface area (TPSA) is 54.7 Å². The van der Waals surface area contributed by atoms with Gasteiger partial charge in [-0.2, -0.15) is 5.10 Å². The van der Waals surface area contributed by atoms with Crippen molar-refractivity contribution >= 4 is 49.0 Å². The van der Waals surface area contributed by atoms with E-state index in [0.717, 1.165) is 30.0 Å². The maximum absolute atomic E-state index is 6.03. The number of aryl methyl sites for hydroxylation is 1. The van der Waals surface area contributed by atoms with Crippen LogP contribution in [-0.2, 0) is 0 Å². The van der Waals surface area contributed by atoms with Gasteiger partial charge in [0.15, 0.2) is 5.82 Å². The number of anilines is 1. The van der Waals surface area contributed by atoms with E-state index in [1.54, 1.807) is 11.3 Å². The molecule has 3 nitrogen and oxygen atoms in total. The average Bonchev–Trinajstić information content (AvgIpc) is 2.95. The van der Waals surface area contributed by atoms with E-state index in [9.17, 15) is 0 Å². The Morgan fingerprint density at radius 1 is 1.20 bits per heavy atom. The fraction of sp³-hybridized carbons (Fsp3) is 0.0714. The molecule has 0 radical (unpaired) electrons. The molecule has 0 saturated heterocycles. The zero-order chi connectivity index (χ0) is 14.3. The van der Waals surface area contributed by atoms with E-state index in [1.807, 2.05) is 24.3 Å². The number of nitrogens with one attached hydrogen (secondary N) is 1. The van der Waals surface area contributed by atoms with Crippen molar-refractivity contribution in [2.45, 2.75) is 6.92 Å². The molecule has 0 amide bonds. The van der Waals surface area contributed by atoms with E-state index in [-0.39, 0.29) is 0 Å². The first-order valence-electron chi connectivity index (χ1n) is 5.92. The van der Waals surface area contributed by atoms with Crippen molar-refractivity contribution in [1.82, 2.24) is 10.2 Å². The number of rotatable bonds is 2. The van der Waals surface area contributed by atoms with Crippen LogP contribution in [0, 0.1) is 6.92 Å². The predicted molar refractivity (Wildman–Crippen MR) is 91.9 cm³/mol. The molecule has 1 aromatic carbocycles. The van der Waals surface area contributed by atoms with Gasteiger partial charge < -0.3 is 5.73 Å². The van der Waals surface area contributed by atoms with Crippen LogP contribution < -0.4 is 5.73 Å². The van der Waals surface area contributed by atoms with Gasteiger partial charge in [-0.3, -0.25) is 5.10 Å². The van der Waals surface area contributed by atoms with Gasteiger partial charge in [-0.05, 0) is 52.2 Å². The number of nitrogen functional groups attached to an aromatic ring is 1. The second-order valence-electron chi connectivity index (χ2n) is 4.43. The predicted octanol–water partition coefficient (Wildman–Crippen LogP) is 5.22. The van der Waals surface area contributed by atoms with Gasteiger partial charge >= 0.3 is 0 Å². The Morgan fingerprint density at radius 2 is 1.90 bits per heavy atom. The molecule has 0 spiro atoms. The highest BCUT2D eigenvalue weighted by Gasteiger charge is 2.17. The van der Waals surface area contributed by atoms with Crippen molar-refractivity contribution in [3.8, 4) is 21.7 Å². The number of halogens is 2. The molecule has 6 heteroatoms. The Morgan fingerprint density at radius 3 is 2.50 bits per heavy atom. The van der Waals surface area contributed by atoms with Crippen LogP contribution in [0.25, 0.3) is 21.7 Å². The second-order valence-corrected chi connectivity index (χ2v) is 7.72. The number of nitrogens with two attached hydrogens (primary N) is 1. The summed E-state index contributed by atoms with van der Waals surface area (Å²) in [4.78, 5) is 1.12. The minimum Gasteiger partial charge on any atom is -0.382 e. The first kappa shape index (κ1) is 13.9. The second kappa shape index (κ2) is 5.35. The summed E-state index contributed by atoms with van der Waals surface area (Å²) in [5.41, 5.74) is 10.2. The highest BCUT2D eigenvalue weighted by Crippen LogP contribution is 2.40. The van der Waals surface area contributed by atoms with Gasteiger partial charge in [0.2, 0.25) is 0 Å². The Labute approximate surface area is 137 Å². The lowest BCUT2D eigenvalue weighted by Crippen LogP contribution is -1.88. The van der Waals surface area contributed by atoms with Crippen molar-refractivity contribution in [2.75, 3.05) is 5.73 Å². The van der Waals surface area contributed by atoms with E-state index in [4.69, 9.17) is 5.73 Å². The Kier molecular flexibility index (Phi) is 3.70. The molecule has 2 heterocycles. The van der Waals surface area contributed by atoms with Crippen molar-refractivity contribution in [1.29, 1.82) is 0 Å². The molecule has 3 N–H and O–H groups in total. The highest BCUT2D eigenvalue weighted by atomic mass is 79.9. The third-order valence-corrected chi connectivity index (χ3v) is 5.71. The summed E-state index contributed by atoms with van der Waals surface area (Å²) in [5, 5.41) is 7.21. The Bertz CT molecular complexity index is 740. The molecule has 0 aliphatic carbocycles. The van der Waals surface area contributed by atoms with Crippen LogP contribution in [0.1, 0.15) is 5.56 Å². The van der Waals surface area contributed by atoms with Gasteiger partial charge in [0.05, 0.1) is 19.9 Å². The average molecular weight is 413 g/mol. The lowest BCUT2D eigenvalue weighted by Gasteiger charge is -2.03. The van der Waals surface area contributed by atoms with Crippen molar-refractivity contribution in [3.63, 3.8) is 0 Å². The molecular weight excluding hydrogens is 402 g/mol. The van der Waals surface area contributed by atoms with E-state index in [1.165, 1.54) is 5.56 Å². The molecule has 3 aromatic rings. The summed E-state index contributed by atoms with van der Waals surface area (Å²) in [6.45, 7) is 2.07. The number of aromatic amines is 1. The standard InChI is InChI=1S/C14H11Br2N3S/c1-7-6-10(20-13(7)16)12-11(14(17)19-18-12)8-2-4-9(15)5-3-8/h2-6H,1H3,(H3,17,18,19). The Hall–Kier alpha value is -1.11. The minimum atomic E-state index is 0.518. The maximum atomic E-state index is 6.03. The van der Waals surface area contributed by atoms with Crippen molar-refractivity contribution in [3.05, 3.63) is 44.2 Å². The SMILES string of the molecule is Cc1cc(-c2[nH]nc(N)c2-c2ccc(Br)cc2)sc1Br. The van der Waals surface area contributed by atoms with Gasteiger partial charge in [0, 0.05) is 4.47 Å². The van der Waals surface area contributed by atoms with Crippen LogP contribution >= 0.6 is 43.2 Å². The molecule has 0 aliphatic heterocycles. The molecule has 102 valence electrons. The third-order valence-electron chi connectivity index (χ3n) is 3.03. The number of H-pyrrole nitrogens is 1. The van der Waals surface area contributed by atoms with E-state index >= 15 is 0 Å². The first-order valence-corrected chi connectivity index (χ1v) is 8.32. The summed E-state index contributed by atoms with van der Waals surface area (Å²) in [7, 11) is 0. The molecule has 0 aliphatic rings. The molecule has 0 unspecified atom stereocenters. The van der Waals surface area contributed by atoms with Gasteiger partial charge in [-0.25, -0.2) is 0 Å². The largest absolute Gasteiger partial charge is 0.382 e. The van der Waals surface area contributed by atoms with Crippen LogP contribution in [-0.4, -0.2) is 10.2 Å². The molecule has 3 rings (SSSR count). The van der Waals surface area contributed by atoms with Crippen LogP contribution in [0.4, 0.5) is 5.82 Å². The summed E-state index contributed by atoms with van der Waals surface area (Å²) in [6.07, 6.45) is 0. The summed E-state index contributed by atoms with van der Waals surface area (Å²) < 4.78 is 2.17. The monoisotopic (exact) mass is 411 g/mol. The fourth-order valence-electron chi connectivity index (χ4n) is 2.03. The summed E-state index contributed by atoms with van der Waals surface area (Å²) >= 11 is 8.68. The zero-order valence-electron chi connectivity index (χ0n) is 10.6. The van der Waals surface area contributed by atoms with Gasteiger partial charge in [-0.15, -0.1) is 11.3 Å². The number of aromatic nitrogens is 2. The number of hydrogen-bond acceptors (Lipinski definition) is 3. The van der Waals surface area contributed by atoms with Gasteiger partial charge in [0.1, 0.15) is 0 Å². The Balaban J connectivity index is 2.16. The van der Waals surface area contributed by atoms with Crippen LogP contribution in [0.2, 0.25) is 0 Å². The molecule has 20 heavy (non-hydrogen) atoms. The van der Waals surface area contributed by atoms with Crippen LogP contribution in [0.3, 0.4) is 0 Å². The lowest BCUT2D eigenvalue weighted by atomic mass is 10.0. The molecule has 0 saturated carbocycles. The molecule has 0 atom stereocenters. The highest BCUT2D eigenvalue weighted by molar-refractivity contribution is 9.11. The lowest BCUT2D eigenvalue weighted by molar-refractivity contribution is 1.11. The van der Waals surface area contributed by atoms with E-state index < -0.39 is 0 Å². The van der Waals surface area contributed by atoms with Crippen LogP contribution in [0.15, 0.2) is 38.6 Å². The maximum Gasteiger partial charge on any atom is 0.153 e. The number of thiophene rings is 1. The first-order chi connectivity index (χ1) is 9.56. The molecule has 2 aromatic heterocycles. The number of benzene rings is 1. The van der Waals surface area contributed by atoms with Crippen molar-refractivity contribution in [2.24, 2.45) is 0 Å². The third kappa shape index (κ3) is 2.43. The van der Waals surface area contributed by atoms with Gasteiger partial charge in [0.25, 0.3) is 0 Å². The normalized spacial score (nSPS) is 10.9. The summed E-state index contributed by atoms with van der Waals surface area (Å²) in [5.74, 6) is 0.518. The van der Waals surface area contributed by atoms with E-state index in [0.29, 0.717) is 5.82 Å². The fourth-order valence-corrected chi connectivity index (χ4v) is 3.83. The van der Waals surface area contributed by atoms with Gasteiger partial charge in [-0.1, -0.05) is 28.1 Å². The minimum absolute atomic E-state index is 0.518. The zero-order valence-corrected chi connectivity index (χ0v) is 14.6. The quantitative estimate of drug-likeness (QED) is 0.606. The van der Waals surface area contributed by atoms with E-state index in [2.05, 4.69) is 55.0 Å². The smallest absolute Gasteiger partial charge is 0.153 e. The number of nitrogens with zero attached hydrogens (tertiary/aromatic N) is 1. The molecule has 0 bridgehead atoms. The molecule has 0 fully saturated rings. The molecular formula is C14H11Br2N3S.